The molecule has 0 amide bonds. The minimum Gasteiger partial charge on any atom is -0.454 e. The lowest BCUT2D eigenvalue weighted by molar-refractivity contribution is 0.174. The summed E-state index contributed by atoms with van der Waals surface area (Å²) in [6.45, 7) is 3.97. The van der Waals surface area contributed by atoms with Gasteiger partial charge < -0.3 is 19.7 Å². The third kappa shape index (κ3) is 3.92. The lowest BCUT2D eigenvalue weighted by Gasteiger charge is -2.19. The van der Waals surface area contributed by atoms with Gasteiger partial charge in [-0.3, -0.25) is 0 Å². The van der Waals surface area contributed by atoms with Gasteiger partial charge in [0.1, 0.15) is 5.82 Å². The highest BCUT2D eigenvalue weighted by Crippen LogP contribution is 2.33. The zero-order valence-corrected chi connectivity index (χ0v) is 16.8. The van der Waals surface area contributed by atoms with Crippen molar-refractivity contribution in [3.8, 4) is 11.5 Å². The van der Waals surface area contributed by atoms with E-state index in [-0.39, 0.29) is 6.79 Å². The smallest absolute Gasteiger partial charge is 0.231 e. The number of nitrogens with one attached hydrogen (secondary N) is 1. The fourth-order valence-electron chi connectivity index (χ4n) is 3.13. The predicted molar refractivity (Wildman–Crippen MR) is 113 cm³/mol. The molecule has 0 aliphatic carbocycles. The van der Waals surface area contributed by atoms with Crippen molar-refractivity contribution in [2.24, 2.45) is 0 Å². The molecule has 0 bridgehead atoms. The summed E-state index contributed by atoms with van der Waals surface area (Å²) in [5.41, 5.74) is 1.95. The highest BCUT2D eigenvalue weighted by atomic mass is 35.5. The molecule has 6 nitrogen and oxygen atoms in total. The Balaban J connectivity index is 1.63. The summed E-state index contributed by atoms with van der Waals surface area (Å²) in [6.07, 6.45) is 2.22. The first-order chi connectivity index (χ1) is 13.6. The third-order valence-corrected chi connectivity index (χ3v) is 4.97. The molecule has 7 heteroatoms. The molecular formula is C21H23ClN4O2. The largest absolute Gasteiger partial charge is 0.454 e. The van der Waals surface area contributed by atoms with Crippen LogP contribution in [0.25, 0.3) is 10.9 Å². The molecule has 3 aromatic rings. The second kappa shape index (κ2) is 8.10. The van der Waals surface area contributed by atoms with Crippen LogP contribution in [0.4, 0.5) is 11.8 Å². The van der Waals surface area contributed by atoms with E-state index in [4.69, 9.17) is 31.0 Å². The van der Waals surface area contributed by atoms with Gasteiger partial charge in [0.2, 0.25) is 12.7 Å². The van der Waals surface area contributed by atoms with Crippen molar-refractivity contribution >= 4 is 34.3 Å². The minimum absolute atomic E-state index is 0.273. The Morgan fingerprint density at radius 3 is 2.82 bits per heavy atom. The van der Waals surface area contributed by atoms with Crippen molar-refractivity contribution in [2.45, 2.75) is 26.3 Å². The number of anilines is 2. The molecule has 1 aliphatic rings. The molecule has 28 heavy (non-hydrogen) atoms. The quantitative estimate of drug-likeness (QED) is 0.613. The van der Waals surface area contributed by atoms with Crippen molar-refractivity contribution < 1.29 is 9.47 Å². The lowest BCUT2D eigenvalue weighted by atomic mass is 10.2. The number of nitrogens with zero attached hydrogens (tertiary/aromatic N) is 3. The van der Waals surface area contributed by atoms with E-state index in [9.17, 15) is 0 Å². The van der Waals surface area contributed by atoms with Crippen molar-refractivity contribution in [3.63, 3.8) is 0 Å². The van der Waals surface area contributed by atoms with E-state index >= 15 is 0 Å². The number of rotatable bonds is 7. The van der Waals surface area contributed by atoms with Gasteiger partial charge in [-0.1, -0.05) is 31.0 Å². The zero-order valence-electron chi connectivity index (χ0n) is 16.0. The van der Waals surface area contributed by atoms with Crippen LogP contribution >= 0.6 is 11.6 Å². The maximum atomic E-state index is 6.22. The Kier molecular flexibility index (Phi) is 5.39. The van der Waals surface area contributed by atoms with Gasteiger partial charge in [0.25, 0.3) is 0 Å². The van der Waals surface area contributed by atoms with Crippen LogP contribution in [0.5, 0.6) is 11.5 Å². The van der Waals surface area contributed by atoms with E-state index in [1.807, 2.05) is 43.4 Å². The first-order valence-electron chi connectivity index (χ1n) is 9.45. The minimum atomic E-state index is 0.273. The number of unbranched alkanes of at least 4 members (excludes halogenated alkanes) is 1. The molecule has 2 aromatic carbocycles. The Hall–Kier alpha value is -2.73. The summed E-state index contributed by atoms with van der Waals surface area (Å²) in [5, 5.41) is 5.01. The summed E-state index contributed by atoms with van der Waals surface area (Å²) >= 11 is 6.22. The highest BCUT2D eigenvalue weighted by molar-refractivity contribution is 6.31. The molecule has 1 aliphatic heterocycles. The number of benzene rings is 2. The molecule has 0 saturated carbocycles. The first kappa shape index (κ1) is 18.6. The second-order valence-electron chi connectivity index (χ2n) is 6.85. The van der Waals surface area contributed by atoms with Gasteiger partial charge in [-0.2, -0.15) is 4.98 Å². The van der Waals surface area contributed by atoms with E-state index in [0.717, 1.165) is 53.2 Å². The zero-order chi connectivity index (χ0) is 19.5. The summed E-state index contributed by atoms with van der Waals surface area (Å²) in [5.74, 6) is 3.03. The molecule has 0 spiro atoms. The van der Waals surface area contributed by atoms with Crippen molar-refractivity contribution in [2.75, 3.05) is 30.6 Å². The standard InChI is InChI=1S/C21H23ClN4O2/c1-3-4-9-26(2)21-24-17-7-6-15(22)11-16(17)20(25-21)23-12-14-5-8-18-19(10-14)28-13-27-18/h5-8,10-11H,3-4,9,12-13H2,1-2H3,(H,23,24,25). The number of hydrogen-bond donors (Lipinski definition) is 1. The second-order valence-corrected chi connectivity index (χ2v) is 7.29. The van der Waals surface area contributed by atoms with Gasteiger partial charge >= 0.3 is 0 Å². The molecule has 4 rings (SSSR count). The van der Waals surface area contributed by atoms with Crippen LogP contribution in [0.3, 0.4) is 0 Å². The maximum absolute atomic E-state index is 6.22. The molecule has 2 heterocycles. The summed E-state index contributed by atoms with van der Waals surface area (Å²) in [4.78, 5) is 11.6. The molecule has 0 atom stereocenters. The lowest BCUT2D eigenvalue weighted by Crippen LogP contribution is -2.21. The van der Waals surface area contributed by atoms with Gasteiger partial charge in [-0.25, -0.2) is 4.98 Å². The average Bonchev–Trinajstić information content (AvgIpc) is 3.18. The first-order valence-corrected chi connectivity index (χ1v) is 9.82. The van der Waals surface area contributed by atoms with E-state index < -0.39 is 0 Å². The number of ether oxygens (including phenoxy) is 2. The van der Waals surface area contributed by atoms with Crippen LogP contribution in [0.15, 0.2) is 36.4 Å². The average molecular weight is 399 g/mol. The van der Waals surface area contributed by atoms with Crippen molar-refractivity contribution in [3.05, 3.63) is 47.0 Å². The van der Waals surface area contributed by atoms with E-state index in [0.29, 0.717) is 17.5 Å². The van der Waals surface area contributed by atoms with Crippen molar-refractivity contribution in [1.82, 2.24) is 9.97 Å². The Bertz CT molecular complexity index is 996. The van der Waals surface area contributed by atoms with Gasteiger partial charge in [-0.15, -0.1) is 0 Å². The van der Waals surface area contributed by atoms with Crippen LogP contribution < -0.4 is 19.7 Å². The molecule has 0 fully saturated rings. The summed E-state index contributed by atoms with van der Waals surface area (Å²) < 4.78 is 10.8. The summed E-state index contributed by atoms with van der Waals surface area (Å²) in [6, 6.07) is 11.6. The predicted octanol–water partition coefficient (Wildman–Crippen LogP) is 4.86. The van der Waals surface area contributed by atoms with Gasteiger partial charge in [-0.05, 0) is 42.3 Å². The molecular weight excluding hydrogens is 376 g/mol. The van der Waals surface area contributed by atoms with E-state index in [1.54, 1.807) is 0 Å². The van der Waals surface area contributed by atoms with E-state index in [2.05, 4.69) is 17.1 Å². The molecule has 1 aromatic heterocycles. The van der Waals surface area contributed by atoms with E-state index in [1.165, 1.54) is 0 Å². The van der Waals surface area contributed by atoms with Crippen LogP contribution in [-0.4, -0.2) is 30.4 Å². The number of aromatic nitrogens is 2. The van der Waals surface area contributed by atoms with Gasteiger partial charge in [0.15, 0.2) is 11.5 Å². The number of halogens is 1. The van der Waals surface area contributed by atoms with Crippen LogP contribution in [0.1, 0.15) is 25.3 Å². The fraction of sp³-hybridized carbons (Fsp3) is 0.333. The fourth-order valence-corrected chi connectivity index (χ4v) is 3.30. The number of hydrogen-bond acceptors (Lipinski definition) is 6. The maximum Gasteiger partial charge on any atom is 0.231 e. The van der Waals surface area contributed by atoms with Crippen molar-refractivity contribution in [1.29, 1.82) is 0 Å². The Morgan fingerprint density at radius 1 is 1.11 bits per heavy atom. The summed E-state index contributed by atoms with van der Waals surface area (Å²) in [7, 11) is 2.02. The Morgan fingerprint density at radius 2 is 1.96 bits per heavy atom. The molecule has 146 valence electrons. The molecule has 1 N–H and O–H groups in total. The number of fused-ring (bicyclic) bond motifs is 2. The van der Waals surface area contributed by atoms with Crippen LogP contribution in [0.2, 0.25) is 5.02 Å². The topological polar surface area (TPSA) is 59.5 Å². The van der Waals surface area contributed by atoms with Gasteiger partial charge in [0, 0.05) is 30.5 Å². The molecule has 0 radical (unpaired) electrons. The molecule has 0 unspecified atom stereocenters. The van der Waals surface area contributed by atoms with Crippen LogP contribution in [0, 0.1) is 0 Å². The monoisotopic (exact) mass is 398 g/mol. The molecule has 0 saturated heterocycles. The highest BCUT2D eigenvalue weighted by Gasteiger charge is 2.14. The Labute approximate surface area is 169 Å². The normalized spacial score (nSPS) is 12.4. The third-order valence-electron chi connectivity index (χ3n) is 4.73. The SMILES string of the molecule is CCCCN(C)c1nc(NCc2ccc3c(c2)OCO3)c2cc(Cl)ccc2n1. The van der Waals surface area contributed by atoms with Gasteiger partial charge in [0.05, 0.1) is 5.52 Å². The van der Waals surface area contributed by atoms with Crippen LogP contribution in [-0.2, 0) is 6.54 Å².